The van der Waals surface area contributed by atoms with Crippen molar-refractivity contribution < 1.29 is 5.21 Å². The first-order chi connectivity index (χ1) is 4.74. The van der Waals surface area contributed by atoms with E-state index in [4.69, 9.17) is 5.21 Å². The molecule has 4 heteroatoms. The second kappa shape index (κ2) is 2.51. The summed E-state index contributed by atoms with van der Waals surface area (Å²) < 4.78 is 1.72. The number of hydrogen-bond acceptors (Lipinski definition) is 3. The van der Waals surface area contributed by atoms with Crippen molar-refractivity contribution in [3.05, 3.63) is 17.5 Å². The second-order valence-electron chi connectivity index (χ2n) is 2.08. The number of aromatic nitrogens is 2. The summed E-state index contributed by atoms with van der Waals surface area (Å²) in [5.74, 6) is 0. The van der Waals surface area contributed by atoms with Crippen LogP contribution >= 0.6 is 0 Å². The quantitative estimate of drug-likeness (QED) is 0.350. The molecule has 0 fully saturated rings. The zero-order chi connectivity index (χ0) is 7.56. The van der Waals surface area contributed by atoms with Gasteiger partial charge < -0.3 is 5.21 Å². The largest absolute Gasteiger partial charge is 0.411 e. The second-order valence-corrected chi connectivity index (χ2v) is 2.08. The van der Waals surface area contributed by atoms with Gasteiger partial charge in [-0.3, -0.25) is 4.68 Å². The van der Waals surface area contributed by atoms with Crippen molar-refractivity contribution in [2.45, 2.75) is 6.92 Å². The van der Waals surface area contributed by atoms with Gasteiger partial charge >= 0.3 is 0 Å². The molecule has 0 saturated carbocycles. The van der Waals surface area contributed by atoms with Crippen molar-refractivity contribution in [2.24, 2.45) is 12.2 Å². The predicted octanol–water partition coefficient (Wildman–Crippen LogP) is 0.537. The van der Waals surface area contributed by atoms with Gasteiger partial charge in [0, 0.05) is 12.7 Å². The van der Waals surface area contributed by atoms with Crippen LogP contribution in [0.5, 0.6) is 0 Å². The molecule has 0 aromatic carbocycles. The molecule has 54 valence electrons. The molecule has 0 bridgehead atoms. The van der Waals surface area contributed by atoms with Crippen LogP contribution in [0.2, 0.25) is 0 Å². The van der Waals surface area contributed by atoms with E-state index in [0.717, 1.165) is 5.69 Å². The third kappa shape index (κ3) is 1.15. The molecule has 1 N–H and O–H groups in total. The van der Waals surface area contributed by atoms with Gasteiger partial charge in [-0.05, 0) is 13.0 Å². The summed E-state index contributed by atoms with van der Waals surface area (Å²) in [6.45, 7) is 1.93. The van der Waals surface area contributed by atoms with E-state index >= 15 is 0 Å². The molecule has 0 atom stereocenters. The lowest BCUT2D eigenvalue weighted by atomic mass is 10.4. The van der Waals surface area contributed by atoms with E-state index in [0.29, 0.717) is 5.69 Å². The molecule has 0 aliphatic carbocycles. The summed E-state index contributed by atoms with van der Waals surface area (Å²) in [7, 11) is 1.84. The Kier molecular flexibility index (Phi) is 1.71. The van der Waals surface area contributed by atoms with E-state index in [-0.39, 0.29) is 0 Å². The topological polar surface area (TPSA) is 50.4 Å². The van der Waals surface area contributed by atoms with Crippen LogP contribution in [0.25, 0.3) is 0 Å². The monoisotopic (exact) mass is 139 g/mol. The standard InChI is InChI=1S/C6H9N3O/c1-5-3-6(4-7-10)8-9(5)2/h3-4,10H,1-2H3/b7-4+. The number of nitrogens with zero attached hydrogens (tertiary/aromatic N) is 3. The van der Waals surface area contributed by atoms with E-state index in [1.54, 1.807) is 4.68 Å². The summed E-state index contributed by atoms with van der Waals surface area (Å²) >= 11 is 0. The molecule has 10 heavy (non-hydrogen) atoms. The number of aryl methyl sites for hydroxylation is 2. The Morgan fingerprint density at radius 1 is 1.80 bits per heavy atom. The van der Waals surface area contributed by atoms with Crippen LogP contribution in [0, 0.1) is 6.92 Å². The van der Waals surface area contributed by atoms with E-state index in [1.165, 1.54) is 6.21 Å². The van der Waals surface area contributed by atoms with Crippen LogP contribution in [0.3, 0.4) is 0 Å². The average molecular weight is 139 g/mol. The smallest absolute Gasteiger partial charge is 0.107 e. The average Bonchev–Trinajstić information content (AvgIpc) is 2.14. The van der Waals surface area contributed by atoms with Gasteiger partial charge in [0.25, 0.3) is 0 Å². The molecule has 0 amide bonds. The molecule has 1 aromatic rings. The van der Waals surface area contributed by atoms with Gasteiger partial charge in [-0.1, -0.05) is 5.16 Å². The normalized spacial score (nSPS) is 11.0. The zero-order valence-corrected chi connectivity index (χ0v) is 5.94. The van der Waals surface area contributed by atoms with Crippen molar-refractivity contribution in [3.63, 3.8) is 0 Å². The molecule has 0 unspecified atom stereocenters. The summed E-state index contributed by atoms with van der Waals surface area (Å²) in [4.78, 5) is 0. The predicted molar refractivity (Wildman–Crippen MR) is 37.3 cm³/mol. The van der Waals surface area contributed by atoms with Crippen LogP contribution in [0.1, 0.15) is 11.4 Å². The Balaban J connectivity index is 2.98. The lowest BCUT2D eigenvalue weighted by Crippen LogP contribution is -1.92. The highest BCUT2D eigenvalue weighted by atomic mass is 16.4. The van der Waals surface area contributed by atoms with Crippen molar-refractivity contribution in [2.75, 3.05) is 0 Å². The van der Waals surface area contributed by atoms with Gasteiger partial charge in [0.1, 0.15) is 5.69 Å². The highest BCUT2D eigenvalue weighted by Crippen LogP contribution is 1.97. The van der Waals surface area contributed by atoms with Crippen molar-refractivity contribution in [3.8, 4) is 0 Å². The Morgan fingerprint density at radius 3 is 2.90 bits per heavy atom. The van der Waals surface area contributed by atoms with Crippen molar-refractivity contribution >= 4 is 6.21 Å². The third-order valence-corrected chi connectivity index (χ3v) is 1.32. The van der Waals surface area contributed by atoms with E-state index in [9.17, 15) is 0 Å². The maximum absolute atomic E-state index is 8.14. The summed E-state index contributed by atoms with van der Waals surface area (Å²) in [6.07, 6.45) is 1.30. The molecule has 4 nitrogen and oxygen atoms in total. The Labute approximate surface area is 58.8 Å². The van der Waals surface area contributed by atoms with Crippen molar-refractivity contribution in [1.82, 2.24) is 9.78 Å². The Hall–Kier alpha value is -1.32. The molecular formula is C6H9N3O. The molecule has 0 radical (unpaired) electrons. The number of hydrogen-bond donors (Lipinski definition) is 1. The highest BCUT2D eigenvalue weighted by Gasteiger charge is 1.95. The maximum Gasteiger partial charge on any atom is 0.107 e. The fraction of sp³-hybridized carbons (Fsp3) is 0.333. The Morgan fingerprint density at radius 2 is 2.50 bits per heavy atom. The summed E-state index contributed by atoms with van der Waals surface area (Å²) in [5.41, 5.74) is 1.71. The minimum absolute atomic E-state index is 0.669. The Bertz CT molecular complexity index is 232. The van der Waals surface area contributed by atoms with Gasteiger partial charge in [-0.2, -0.15) is 5.10 Å². The molecule has 1 aromatic heterocycles. The SMILES string of the molecule is Cc1cc(/C=N/O)nn1C. The van der Waals surface area contributed by atoms with Crippen molar-refractivity contribution in [1.29, 1.82) is 0 Å². The molecule has 0 aliphatic heterocycles. The highest BCUT2D eigenvalue weighted by molar-refractivity contribution is 5.76. The molecule has 0 saturated heterocycles. The molecular weight excluding hydrogens is 130 g/mol. The van der Waals surface area contributed by atoms with Crippen LogP contribution in [0.15, 0.2) is 11.2 Å². The lowest BCUT2D eigenvalue weighted by Gasteiger charge is -1.87. The molecule has 0 spiro atoms. The van der Waals surface area contributed by atoms with E-state index in [2.05, 4.69) is 10.3 Å². The summed E-state index contributed by atoms with van der Waals surface area (Å²) in [6, 6.07) is 1.83. The molecule has 0 aliphatic rings. The van der Waals surface area contributed by atoms with Crippen LogP contribution in [-0.2, 0) is 7.05 Å². The van der Waals surface area contributed by atoms with E-state index in [1.807, 2.05) is 20.0 Å². The fourth-order valence-electron chi connectivity index (χ4n) is 0.711. The first-order valence-corrected chi connectivity index (χ1v) is 2.92. The lowest BCUT2D eigenvalue weighted by molar-refractivity contribution is 0.321. The molecule has 1 rings (SSSR count). The minimum Gasteiger partial charge on any atom is -0.411 e. The minimum atomic E-state index is 0.669. The van der Waals surface area contributed by atoms with Crippen LogP contribution in [-0.4, -0.2) is 21.2 Å². The fourth-order valence-corrected chi connectivity index (χ4v) is 0.711. The van der Waals surface area contributed by atoms with Gasteiger partial charge in [0.2, 0.25) is 0 Å². The number of rotatable bonds is 1. The van der Waals surface area contributed by atoms with Gasteiger partial charge in [-0.25, -0.2) is 0 Å². The van der Waals surface area contributed by atoms with Crippen LogP contribution < -0.4 is 0 Å². The third-order valence-electron chi connectivity index (χ3n) is 1.32. The van der Waals surface area contributed by atoms with Crippen LogP contribution in [0.4, 0.5) is 0 Å². The number of oxime groups is 1. The first kappa shape index (κ1) is 6.80. The van der Waals surface area contributed by atoms with Gasteiger partial charge in [0.05, 0.1) is 6.21 Å². The zero-order valence-electron chi connectivity index (χ0n) is 5.94. The van der Waals surface area contributed by atoms with Gasteiger partial charge in [-0.15, -0.1) is 0 Å². The van der Waals surface area contributed by atoms with Gasteiger partial charge in [0.15, 0.2) is 0 Å². The van der Waals surface area contributed by atoms with E-state index < -0.39 is 0 Å². The maximum atomic E-state index is 8.14. The first-order valence-electron chi connectivity index (χ1n) is 2.92. The summed E-state index contributed by atoms with van der Waals surface area (Å²) in [5, 5.41) is 15.0. The molecule has 1 heterocycles.